The second kappa shape index (κ2) is 4.18. The highest BCUT2D eigenvalue weighted by Gasteiger charge is 2.03. The lowest BCUT2D eigenvalue weighted by Gasteiger charge is -1.97. The van der Waals surface area contributed by atoms with Crippen molar-refractivity contribution in [2.75, 3.05) is 0 Å². The van der Waals surface area contributed by atoms with Crippen LogP contribution in [0.3, 0.4) is 0 Å². The molecule has 15 heavy (non-hydrogen) atoms. The van der Waals surface area contributed by atoms with Crippen molar-refractivity contribution in [1.82, 2.24) is 15.2 Å². The van der Waals surface area contributed by atoms with Crippen molar-refractivity contribution in [3.8, 4) is 0 Å². The van der Waals surface area contributed by atoms with E-state index in [1.807, 2.05) is 6.07 Å². The van der Waals surface area contributed by atoms with Gasteiger partial charge < -0.3 is 5.73 Å². The third-order valence-electron chi connectivity index (χ3n) is 2.02. The Morgan fingerprint density at radius 3 is 2.93 bits per heavy atom. The first-order valence-electron chi connectivity index (χ1n) is 4.62. The lowest BCUT2D eigenvalue weighted by molar-refractivity contribution is 0.626. The van der Waals surface area contributed by atoms with Crippen LogP contribution in [0.1, 0.15) is 17.2 Å². The molecule has 1 heterocycles. The van der Waals surface area contributed by atoms with E-state index in [1.54, 1.807) is 6.07 Å². The zero-order chi connectivity index (χ0) is 10.7. The molecule has 1 aromatic carbocycles. The molecule has 0 saturated heterocycles. The fourth-order valence-electron chi connectivity index (χ4n) is 1.35. The summed E-state index contributed by atoms with van der Waals surface area (Å²) in [6.07, 6.45) is 0.532. The Hall–Kier alpha value is -1.75. The average Bonchev–Trinajstić information content (AvgIpc) is 2.65. The predicted molar refractivity (Wildman–Crippen MR) is 53.5 cm³/mol. The van der Waals surface area contributed by atoms with Crippen molar-refractivity contribution in [1.29, 1.82) is 0 Å². The van der Waals surface area contributed by atoms with Gasteiger partial charge in [-0.2, -0.15) is 5.10 Å². The number of aromatic amines is 1. The second-order valence-corrected chi connectivity index (χ2v) is 3.21. The van der Waals surface area contributed by atoms with Gasteiger partial charge >= 0.3 is 0 Å². The summed E-state index contributed by atoms with van der Waals surface area (Å²) in [6, 6.07) is 6.40. The fourth-order valence-corrected chi connectivity index (χ4v) is 1.35. The van der Waals surface area contributed by atoms with Crippen LogP contribution in [0.2, 0.25) is 0 Å². The van der Waals surface area contributed by atoms with Gasteiger partial charge in [-0.15, -0.1) is 0 Å². The Kier molecular flexibility index (Phi) is 2.73. The SMILES string of the molecule is NCc1n[nH]c(Cc2cccc(F)c2)n1. The van der Waals surface area contributed by atoms with Crippen LogP contribution >= 0.6 is 0 Å². The number of hydrogen-bond donors (Lipinski definition) is 2. The highest BCUT2D eigenvalue weighted by molar-refractivity contribution is 5.19. The summed E-state index contributed by atoms with van der Waals surface area (Å²) >= 11 is 0. The van der Waals surface area contributed by atoms with E-state index in [1.165, 1.54) is 12.1 Å². The molecule has 0 aliphatic carbocycles. The highest BCUT2D eigenvalue weighted by atomic mass is 19.1. The Morgan fingerprint density at radius 1 is 1.40 bits per heavy atom. The Morgan fingerprint density at radius 2 is 2.27 bits per heavy atom. The van der Waals surface area contributed by atoms with E-state index in [-0.39, 0.29) is 5.82 Å². The minimum absolute atomic E-state index is 0.244. The van der Waals surface area contributed by atoms with E-state index < -0.39 is 0 Å². The van der Waals surface area contributed by atoms with E-state index in [9.17, 15) is 4.39 Å². The molecule has 1 aromatic heterocycles. The molecule has 2 rings (SSSR count). The molecule has 0 unspecified atom stereocenters. The van der Waals surface area contributed by atoms with Crippen molar-refractivity contribution in [2.24, 2.45) is 5.73 Å². The quantitative estimate of drug-likeness (QED) is 0.787. The molecular formula is C10H11FN4. The number of H-pyrrole nitrogens is 1. The van der Waals surface area contributed by atoms with Gasteiger partial charge in [0.05, 0.1) is 6.54 Å². The second-order valence-electron chi connectivity index (χ2n) is 3.21. The standard InChI is InChI=1S/C10H11FN4/c11-8-3-1-2-7(4-8)5-9-13-10(6-12)15-14-9/h1-4H,5-6,12H2,(H,13,14,15). The molecule has 3 N–H and O–H groups in total. The van der Waals surface area contributed by atoms with E-state index in [2.05, 4.69) is 15.2 Å². The van der Waals surface area contributed by atoms with Crippen LogP contribution in [-0.4, -0.2) is 15.2 Å². The minimum atomic E-state index is -0.244. The molecule has 5 heteroatoms. The van der Waals surface area contributed by atoms with Crippen molar-refractivity contribution in [3.05, 3.63) is 47.3 Å². The van der Waals surface area contributed by atoms with Crippen LogP contribution in [0.5, 0.6) is 0 Å². The zero-order valence-corrected chi connectivity index (χ0v) is 8.07. The van der Waals surface area contributed by atoms with Crippen molar-refractivity contribution < 1.29 is 4.39 Å². The minimum Gasteiger partial charge on any atom is -0.324 e. The molecular weight excluding hydrogens is 195 g/mol. The highest BCUT2D eigenvalue weighted by Crippen LogP contribution is 2.07. The largest absolute Gasteiger partial charge is 0.324 e. The Balaban J connectivity index is 2.14. The van der Waals surface area contributed by atoms with Gasteiger partial charge in [0, 0.05) is 6.42 Å². The van der Waals surface area contributed by atoms with E-state index in [0.717, 1.165) is 5.56 Å². The van der Waals surface area contributed by atoms with Crippen LogP contribution in [0.15, 0.2) is 24.3 Å². The molecule has 0 bridgehead atoms. The number of hydrogen-bond acceptors (Lipinski definition) is 3. The van der Waals surface area contributed by atoms with Crippen LogP contribution in [0.4, 0.5) is 4.39 Å². The monoisotopic (exact) mass is 206 g/mol. The molecule has 2 aromatic rings. The molecule has 4 nitrogen and oxygen atoms in total. The van der Waals surface area contributed by atoms with Crippen molar-refractivity contribution in [2.45, 2.75) is 13.0 Å². The number of rotatable bonds is 3. The number of halogens is 1. The van der Waals surface area contributed by atoms with Gasteiger partial charge in [0.2, 0.25) is 0 Å². The summed E-state index contributed by atoms with van der Waals surface area (Å²) in [5.74, 6) is 1.02. The van der Waals surface area contributed by atoms with Gasteiger partial charge in [-0.1, -0.05) is 12.1 Å². The smallest absolute Gasteiger partial charge is 0.164 e. The van der Waals surface area contributed by atoms with Crippen molar-refractivity contribution >= 4 is 0 Å². The van der Waals surface area contributed by atoms with Gasteiger partial charge in [0.1, 0.15) is 11.6 Å². The first kappa shape index (κ1) is 9.79. The third-order valence-corrected chi connectivity index (χ3v) is 2.02. The number of aromatic nitrogens is 3. The summed E-state index contributed by atoms with van der Waals surface area (Å²) in [5, 5.41) is 6.66. The topological polar surface area (TPSA) is 67.6 Å². The Bertz CT molecular complexity index is 452. The maximum Gasteiger partial charge on any atom is 0.164 e. The van der Waals surface area contributed by atoms with Crippen LogP contribution in [0.25, 0.3) is 0 Å². The number of nitrogens with one attached hydrogen (secondary N) is 1. The molecule has 0 spiro atoms. The van der Waals surface area contributed by atoms with Gasteiger partial charge in [-0.3, -0.25) is 5.10 Å². The third kappa shape index (κ3) is 2.38. The van der Waals surface area contributed by atoms with Gasteiger partial charge in [0.15, 0.2) is 5.82 Å². The molecule has 0 atom stereocenters. The lowest BCUT2D eigenvalue weighted by Crippen LogP contribution is -1.98. The van der Waals surface area contributed by atoms with Crippen molar-refractivity contribution in [3.63, 3.8) is 0 Å². The van der Waals surface area contributed by atoms with Crippen LogP contribution in [0, 0.1) is 5.82 Å². The summed E-state index contributed by atoms with van der Waals surface area (Å²) in [6.45, 7) is 0.305. The normalized spacial score (nSPS) is 10.5. The van der Waals surface area contributed by atoms with Gasteiger partial charge in [-0.05, 0) is 17.7 Å². The van der Waals surface area contributed by atoms with Gasteiger partial charge in [0.25, 0.3) is 0 Å². The lowest BCUT2D eigenvalue weighted by atomic mass is 10.1. The molecule has 0 aliphatic heterocycles. The van der Waals surface area contributed by atoms with E-state index in [4.69, 9.17) is 5.73 Å². The van der Waals surface area contributed by atoms with E-state index >= 15 is 0 Å². The summed E-state index contributed by atoms with van der Waals surface area (Å²) in [7, 11) is 0. The molecule has 0 aliphatic rings. The fraction of sp³-hybridized carbons (Fsp3) is 0.200. The molecule has 78 valence electrons. The number of nitrogens with two attached hydrogens (primary N) is 1. The van der Waals surface area contributed by atoms with Crippen LogP contribution in [-0.2, 0) is 13.0 Å². The maximum absolute atomic E-state index is 12.9. The number of nitrogens with zero attached hydrogens (tertiary/aromatic N) is 2. The summed E-state index contributed by atoms with van der Waals surface area (Å²) in [4.78, 5) is 4.14. The van der Waals surface area contributed by atoms with Crippen LogP contribution < -0.4 is 5.73 Å². The first-order valence-corrected chi connectivity index (χ1v) is 4.62. The molecule has 0 amide bonds. The Labute approximate surface area is 86.3 Å². The average molecular weight is 206 g/mol. The first-order chi connectivity index (χ1) is 7.28. The molecule has 0 fully saturated rings. The molecule has 0 saturated carbocycles. The maximum atomic E-state index is 12.9. The number of benzene rings is 1. The van der Waals surface area contributed by atoms with E-state index in [0.29, 0.717) is 24.6 Å². The summed E-state index contributed by atoms with van der Waals surface area (Å²) in [5.41, 5.74) is 6.23. The molecule has 0 radical (unpaired) electrons. The predicted octanol–water partition coefficient (Wildman–Crippen LogP) is 0.993. The van der Waals surface area contributed by atoms with Gasteiger partial charge in [-0.25, -0.2) is 9.37 Å². The zero-order valence-electron chi connectivity index (χ0n) is 8.07. The summed E-state index contributed by atoms with van der Waals surface area (Å²) < 4.78 is 12.9.